The summed E-state index contributed by atoms with van der Waals surface area (Å²) in [5.41, 5.74) is 0.604. The Morgan fingerprint density at radius 3 is 2.68 bits per heavy atom. The molecule has 0 aliphatic heterocycles. The number of pyridine rings is 1. The topological polar surface area (TPSA) is 58.4 Å². The number of carbonyl (C=O) groups is 1. The Kier molecular flexibility index (Phi) is 4.30. The molecule has 1 amide bonds. The number of carbonyl (C=O) groups excluding carboxylic acids is 1. The molecular formula is C14H17N3O2. The van der Waals surface area contributed by atoms with Crippen LogP contribution in [0.1, 0.15) is 22.2 Å². The van der Waals surface area contributed by atoms with Crippen LogP contribution in [-0.4, -0.2) is 36.4 Å². The summed E-state index contributed by atoms with van der Waals surface area (Å²) in [7, 11) is 3.90. The van der Waals surface area contributed by atoms with Gasteiger partial charge >= 0.3 is 0 Å². The maximum atomic E-state index is 12.0. The first kappa shape index (κ1) is 13.3. The maximum absolute atomic E-state index is 12.0. The van der Waals surface area contributed by atoms with Gasteiger partial charge < -0.3 is 9.73 Å². The molecule has 1 atom stereocenters. The van der Waals surface area contributed by atoms with E-state index in [1.807, 2.05) is 31.1 Å². The fraction of sp³-hybridized carbons (Fsp3) is 0.286. The summed E-state index contributed by atoms with van der Waals surface area (Å²) >= 11 is 0. The van der Waals surface area contributed by atoms with E-state index < -0.39 is 0 Å². The van der Waals surface area contributed by atoms with Crippen molar-refractivity contribution in [2.24, 2.45) is 0 Å². The molecule has 0 unspecified atom stereocenters. The quantitative estimate of drug-likeness (QED) is 0.888. The SMILES string of the molecule is CN(C)[C@H](CNC(=O)c1ccncc1)c1ccco1. The Labute approximate surface area is 112 Å². The molecule has 100 valence electrons. The van der Waals surface area contributed by atoms with Gasteiger partial charge in [0.1, 0.15) is 5.76 Å². The number of nitrogens with one attached hydrogen (secondary N) is 1. The lowest BCUT2D eigenvalue weighted by atomic mass is 10.2. The molecule has 2 rings (SSSR count). The second-order valence-electron chi connectivity index (χ2n) is 4.44. The summed E-state index contributed by atoms with van der Waals surface area (Å²) in [5, 5.41) is 2.90. The summed E-state index contributed by atoms with van der Waals surface area (Å²) in [5.74, 6) is 0.723. The van der Waals surface area contributed by atoms with Crippen LogP contribution >= 0.6 is 0 Å². The second-order valence-corrected chi connectivity index (χ2v) is 4.44. The molecule has 5 nitrogen and oxygen atoms in total. The Hall–Kier alpha value is -2.14. The average molecular weight is 259 g/mol. The highest BCUT2D eigenvalue weighted by Crippen LogP contribution is 2.17. The third kappa shape index (κ3) is 3.42. The van der Waals surface area contributed by atoms with Crippen LogP contribution in [0.3, 0.4) is 0 Å². The van der Waals surface area contributed by atoms with E-state index in [1.54, 1.807) is 30.8 Å². The van der Waals surface area contributed by atoms with E-state index in [0.717, 1.165) is 5.76 Å². The van der Waals surface area contributed by atoms with Crippen LogP contribution in [-0.2, 0) is 0 Å². The number of aromatic nitrogens is 1. The molecule has 2 aromatic heterocycles. The van der Waals surface area contributed by atoms with Crippen molar-refractivity contribution in [3.05, 3.63) is 54.2 Å². The number of hydrogen-bond acceptors (Lipinski definition) is 4. The number of hydrogen-bond donors (Lipinski definition) is 1. The van der Waals surface area contributed by atoms with Gasteiger partial charge in [-0.05, 0) is 38.4 Å². The molecule has 0 aliphatic rings. The van der Waals surface area contributed by atoms with Crippen LogP contribution in [0.4, 0.5) is 0 Å². The molecule has 2 heterocycles. The Morgan fingerprint density at radius 1 is 1.37 bits per heavy atom. The summed E-state index contributed by atoms with van der Waals surface area (Å²) in [6.45, 7) is 0.488. The van der Waals surface area contributed by atoms with Gasteiger partial charge in [-0.3, -0.25) is 14.7 Å². The van der Waals surface area contributed by atoms with Gasteiger partial charge in [0.05, 0.1) is 12.3 Å². The van der Waals surface area contributed by atoms with Crippen molar-refractivity contribution in [3.63, 3.8) is 0 Å². The first-order valence-electron chi connectivity index (χ1n) is 6.06. The largest absolute Gasteiger partial charge is 0.468 e. The summed E-state index contributed by atoms with van der Waals surface area (Å²) in [6, 6.07) is 7.14. The van der Waals surface area contributed by atoms with E-state index in [-0.39, 0.29) is 11.9 Å². The standard InChI is InChI=1S/C14H17N3O2/c1-17(2)12(13-4-3-9-19-13)10-16-14(18)11-5-7-15-8-6-11/h3-9,12H,10H2,1-2H3,(H,16,18)/t12-/m1/s1. The van der Waals surface area contributed by atoms with Gasteiger partial charge in [-0.25, -0.2) is 0 Å². The van der Waals surface area contributed by atoms with Crippen LogP contribution in [0.5, 0.6) is 0 Å². The van der Waals surface area contributed by atoms with E-state index >= 15 is 0 Å². The summed E-state index contributed by atoms with van der Waals surface area (Å²) in [4.78, 5) is 17.8. The molecule has 0 radical (unpaired) electrons. The van der Waals surface area contributed by atoms with E-state index in [0.29, 0.717) is 12.1 Å². The number of nitrogens with zero attached hydrogens (tertiary/aromatic N) is 2. The zero-order valence-corrected chi connectivity index (χ0v) is 11.0. The Morgan fingerprint density at radius 2 is 2.11 bits per heavy atom. The molecule has 0 fully saturated rings. The minimum Gasteiger partial charge on any atom is -0.468 e. The van der Waals surface area contributed by atoms with Crippen LogP contribution in [0.2, 0.25) is 0 Å². The molecular weight excluding hydrogens is 242 g/mol. The maximum Gasteiger partial charge on any atom is 0.251 e. The van der Waals surface area contributed by atoms with Crippen molar-refractivity contribution < 1.29 is 9.21 Å². The van der Waals surface area contributed by atoms with Crippen molar-refractivity contribution in [2.75, 3.05) is 20.6 Å². The molecule has 1 N–H and O–H groups in total. The molecule has 0 saturated carbocycles. The van der Waals surface area contributed by atoms with Crippen molar-refractivity contribution in [1.82, 2.24) is 15.2 Å². The lowest BCUT2D eigenvalue weighted by Gasteiger charge is -2.22. The zero-order chi connectivity index (χ0) is 13.7. The number of likely N-dealkylation sites (N-methyl/N-ethyl adjacent to an activating group) is 1. The second kappa shape index (κ2) is 6.15. The lowest BCUT2D eigenvalue weighted by molar-refractivity contribution is 0.0939. The summed E-state index contributed by atoms with van der Waals surface area (Å²) < 4.78 is 5.39. The number of furan rings is 1. The van der Waals surface area contributed by atoms with Crippen molar-refractivity contribution in [3.8, 4) is 0 Å². The number of rotatable bonds is 5. The smallest absolute Gasteiger partial charge is 0.251 e. The van der Waals surface area contributed by atoms with E-state index in [2.05, 4.69) is 10.3 Å². The fourth-order valence-electron chi connectivity index (χ4n) is 1.81. The normalized spacial score (nSPS) is 12.4. The van der Waals surface area contributed by atoms with Gasteiger partial charge in [0.2, 0.25) is 0 Å². The lowest BCUT2D eigenvalue weighted by Crippen LogP contribution is -2.34. The van der Waals surface area contributed by atoms with Gasteiger partial charge in [0.25, 0.3) is 5.91 Å². The summed E-state index contributed by atoms with van der Waals surface area (Å²) in [6.07, 6.45) is 4.84. The third-order valence-corrected chi connectivity index (χ3v) is 2.89. The Bertz CT molecular complexity index is 509. The molecule has 5 heteroatoms. The number of amides is 1. The Balaban J connectivity index is 1.98. The highest BCUT2D eigenvalue weighted by Gasteiger charge is 2.18. The van der Waals surface area contributed by atoms with E-state index in [9.17, 15) is 4.79 Å². The molecule has 0 aliphatic carbocycles. The van der Waals surface area contributed by atoms with Crippen molar-refractivity contribution in [1.29, 1.82) is 0 Å². The molecule has 0 saturated heterocycles. The van der Waals surface area contributed by atoms with Gasteiger partial charge in [-0.2, -0.15) is 0 Å². The predicted molar refractivity (Wildman–Crippen MR) is 71.7 cm³/mol. The predicted octanol–water partition coefficient (Wildman–Crippen LogP) is 1.71. The van der Waals surface area contributed by atoms with Gasteiger partial charge in [0, 0.05) is 24.5 Å². The van der Waals surface area contributed by atoms with Crippen LogP contribution < -0.4 is 5.32 Å². The van der Waals surface area contributed by atoms with Gasteiger partial charge in [-0.1, -0.05) is 0 Å². The first-order chi connectivity index (χ1) is 9.18. The molecule has 0 aromatic carbocycles. The van der Waals surface area contributed by atoms with E-state index in [4.69, 9.17) is 4.42 Å². The van der Waals surface area contributed by atoms with Crippen molar-refractivity contribution in [2.45, 2.75) is 6.04 Å². The third-order valence-electron chi connectivity index (χ3n) is 2.89. The molecule has 0 bridgehead atoms. The van der Waals surface area contributed by atoms with Crippen LogP contribution in [0, 0.1) is 0 Å². The van der Waals surface area contributed by atoms with Crippen LogP contribution in [0.15, 0.2) is 47.3 Å². The molecule has 19 heavy (non-hydrogen) atoms. The van der Waals surface area contributed by atoms with Crippen LogP contribution in [0.25, 0.3) is 0 Å². The minimum absolute atomic E-state index is 0.0146. The van der Waals surface area contributed by atoms with Gasteiger partial charge in [-0.15, -0.1) is 0 Å². The van der Waals surface area contributed by atoms with E-state index in [1.165, 1.54) is 0 Å². The van der Waals surface area contributed by atoms with Crippen molar-refractivity contribution >= 4 is 5.91 Å². The monoisotopic (exact) mass is 259 g/mol. The van der Waals surface area contributed by atoms with Gasteiger partial charge in [0.15, 0.2) is 0 Å². The first-order valence-corrected chi connectivity index (χ1v) is 6.06. The highest BCUT2D eigenvalue weighted by atomic mass is 16.3. The minimum atomic E-state index is -0.110. The zero-order valence-electron chi connectivity index (χ0n) is 11.0. The molecule has 2 aromatic rings. The average Bonchev–Trinajstić information content (AvgIpc) is 2.93. The fourth-order valence-corrected chi connectivity index (χ4v) is 1.81. The highest BCUT2D eigenvalue weighted by molar-refractivity contribution is 5.93. The molecule has 0 spiro atoms.